The maximum Gasteiger partial charge on any atom is 0.416 e. The second-order valence-electron chi connectivity index (χ2n) is 8.83. The fourth-order valence-corrected chi connectivity index (χ4v) is 4.01. The summed E-state index contributed by atoms with van der Waals surface area (Å²) < 4.78 is 46.5. The molecule has 1 amide bonds. The lowest BCUT2D eigenvalue weighted by Crippen LogP contribution is -2.25. The van der Waals surface area contributed by atoms with Crippen molar-refractivity contribution in [1.29, 1.82) is 0 Å². The number of hydrogen-bond acceptors (Lipinski definition) is 6. The number of rotatable bonds is 7. The number of fused-ring (bicyclic) bond motifs is 1. The number of alkyl halides is 3. The first-order valence-electron chi connectivity index (χ1n) is 11.4. The van der Waals surface area contributed by atoms with Crippen molar-refractivity contribution in [2.75, 3.05) is 25.2 Å². The van der Waals surface area contributed by atoms with Crippen molar-refractivity contribution in [1.82, 2.24) is 19.5 Å². The van der Waals surface area contributed by atoms with Crippen LogP contribution in [0, 0.1) is 6.92 Å². The van der Waals surface area contributed by atoms with Crippen molar-refractivity contribution in [3.05, 3.63) is 82.8 Å². The molecule has 0 spiro atoms. The number of carbonyl (C=O) groups is 1. The average molecular weight is 513 g/mol. The number of halogens is 3. The number of ether oxygens (including phenoxy) is 1. The summed E-state index contributed by atoms with van der Waals surface area (Å²) in [4.78, 5) is 19.2. The van der Waals surface area contributed by atoms with E-state index in [1.165, 1.54) is 10.6 Å². The van der Waals surface area contributed by atoms with Gasteiger partial charge in [0.1, 0.15) is 17.1 Å². The molecule has 1 atom stereocenters. The highest BCUT2D eigenvalue weighted by Crippen LogP contribution is 2.33. The summed E-state index contributed by atoms with van der Waals surface area (Å²) in [5, 5.41) is 7.50. The van der Waals surface area contributed by atoms with Gasteiger partial charge < -0.3 is 20.7 Å². The molecule has 2 aromatic heterocycles. The smallest absolute Gasteiger partial charge is 0.416 e. The Balaban J connectivity index is 1.59. The van der Waals surface area contributed by atoms with Gasteiger partial charge in [-0.25, -0.2) is 9.50 Å². The third kappa shape index (κ3) is 5.76. The molecule has 0 saturated carbocycles. The zero-order valence-corrected chi connectivity index (χ0v) is 20.8. The SMILES string of the molecule is COc1ccc(CN(C)C(=O)c2cc3c(N[C@H](C)c4cc(N)cc(C(F)(F)F)c4)nc(C)nn3c2)cc1. The van der Waals surface area contributed by atoms with Crippen LogP contribution >= 0.6 is 0 Å². The summed E-state index contributed by atoms with van der Waals surface area (Å²) in [5.74, 6) is 1.32. The number of nitrogens with two attached hydrogens (primary N) is 1. The predicted octanol–water partition coefficient (Wildman–Crippen LogP) is 5.09. The zero-order chi connectivity index (χ0) is 26.9. The molecule has 37 heavy (non-hydrogen) atoms. The van der Waals surface area contributed by atoms with E-state index >= 15 is 0 Å². The number of nitrogens with one attached hydrogen (secondary N) is 1. The van der Waals surface area contributed by atoms with Crippen LogP contribution in [0.25, 0.3) is 5.52 Å². The average Bonchev–Trinajstić information content (AvgIpc) is 3.27. The summed E-state index contributed by atoms with van der Waals surface area (Å²) in [5.41, 5.74) is 7.12. The third-order valence-corrected chi connectivity index (χ3v) is 5.90. The number of amides is 1. The van der Waals surface area contributed by atoms with E-state index < -0.39 is 17.8 Å². The summed E-state index contributed by atoms with van der Waals surface area (Å²) in [6.07, 6.45) is -2.91. The van der Waals surface area contributed by atoms with Crippen LogP contribution in [0.15, 0.2) is 54.7 Å². The Hall–Kier alpha value is -4.28. The minimum absolute atomic E-state index is 0.0120. The molecule has 194 valence electrons. The molecule has 0 aliphatic rings. The molecule has 2 heterocycles. The molecule has 0 aliphatic carbocycles. The van der Waals surface area contributed by atoms with Crippen LogP contribution in [-0.2, 0) is 12.7 Å². The minimum atomic E-state index is -4.52. The van der Waals surface area contributed by atoms with Crippen LogP contribution in [-0.4, -0.2) is 39.6 Å². The van der Waals surface area contributed by atoms with E-state index in [9.17, 15) is 18.0 Å². The van der Waals surface area contributed by atoms with Crippen molar-refractivity contribution < 1.29 is 22.7 Å². The van der Waals surface area contributed by atoms with E-state index in [2.05, 4.69) is 15.4 Å². The van der Waals surface area contributed by atoms with Crippen molar-refractivity contribution >= 4 is 22.9 Å². The fraction of sp³-hybridized carbons (Fsp3) is 0.269. The van der Waals surface area contributed by atoms with E-state index in [4.69, 9.17) is 10.5 Å². The van der Waals surface area contributed by atoms with Gasteiger partial charge in [-0.05, 0) is 61.4 Å². The zero-order valence-electron chi connectivity index (χ0n) is 20.8. The monoisotopic (exact) mass is 512 g/mol. The lowest BCUT2D eigenvalue weighted by Gasteiger charge is -2.18. The number of hydrogen-bond donors (Lipinski definition) is 2. The lowest BCUT2D eigenvalue weighted by atomic mass is 10.0. The van der Waals surface area contributed by atoms with Crippen LogP contribution in [0.4, 0.5) is 24.7 Å². The molecular weight excluding hydrogens is 485 g/mol. The Labute approximate surface area is 211 Å². The van der Waals surface area contributed by atoms with Crippen molar-refractivity contribution in [3.63, 3.8) is 0 Å². The second kappa shape index (κ2) is 10.00. The molecule has 8 nitrogen and oxygen atoms in total. The Kier molecular flexibility index (Phi) is 6.97. The predicted molar refractivity (Wildman–Crippen MR) is 134 cm³/mol. The quantitative estimate of drug-likeness (QED) is 0.335. The van der Waals surface area contributed by atoms with Crippen LogP contribution in [0.2, 0.25) is 0 Å². The molecule has 3 N–H and O–H groups in total. The Morgan fingerprint density at radius 1 is 1.19 bits per heavy atom. The van der Waals surface area contributed by atoms with E-state index in [1.807, 2.05) is 24.3 Å². The highest BCUT2D eigenvalue weighted by atomic mass is 19.4. The third-order valence-electron chi connectivity index (χ3n) is 5.90. The molecule has 0 radical (unpaired) electrons. The van der Waals surface area contributed by atoms with E-state index in [0.29, 0.717) is 34.8 Å². The highest BCUT2D eigenvalue weighted by Gasteiger charge is 2.31. The number of anilines is 2. The fourth-order valence-electron chi connectivity index (χ4n) is 4.01. The maximum atomic E-state index is 13.3. The van der Waals surface area contributed by atoms with E-state index in [1.54, 1.807) is 45.2 Å². The second-order valence-corrected chi connectivity index (χ2v) is 8.83. The van der Waals surface area contributed by atoms with Gasteiger partial charge in [0.05, 0.1) is 24.3 Å². The molecule has 0 saturated heterocycles. The summed E-state index contributed by atoms with van der Waals surface area (Å²) in [6.45, 7) is 3.79. The number of aromatic nitrogens is 3. The van der Waals surface area contributed by atoms with Crippen molar-refractivity contribution in [3.8, 4) is 5.75 Å². The topological polar surface area (TPSA) is 97.8 Å². The van der Waals surface area contributed by atoms with Gasteiger partial charge in [0.15, 0.2) is 5.82 Å². The van der Waals surface area contributed by atoms with Crippen LogP contribution < -0.4 is 15.8 Å². The van der Waals surface area contributed by atoms with Gasteiger partial charge in [-0.15, -0.1) is 0 Å². The van der Waals surface area contributed by atoms with Gasteiger partial charge in [0.25, 0.3) is 5.91 Å². The number of aryl methyl sites for hydroxylation is 1. The number of carbonyl (C=O) groups excluding carboxylic acids is 1. The van der Waals surface area contributed by atoms with Gasteiger partial charge in [0, 0.05) is 25.5 Å². The van der Waals surface area contributed by atoms with Crippen LogP contribution in [0.3, 0.4) is 0 Å². The van der Waals surface area contributed by atoms with E-state index in [-0.39, 0.29) is 11.6 Å². The first-order chi connectivity index (χ1) is 17.4. The maximum absolute atomic E-state index is 13.3. The first-order valence-corrected chi connectivity index (χ1v) is 11.4. The molecule has 4 aromatic rings. The lowest BCUT2D eigenvalue weighted by molar-refractivity contribution is -0.137. The van der Waals surface area contributed by atoms with Gasteiger partial charge >= 0.3 is 6.18 Å². The summed E-state index contributed by atoms with van der Waals surface area (Å²) in [7, 11) is 3.29. The Morgan fingerprint density at radius 3 is 2.54 bits per heavy atom. The molecule has 0 bridgehead atoms. The molecular formula is C26H27F3N6O2. The van der Waals surface area contributed by atoms with Gasteiger partial charge in [0.2, 0.25) is 0 Å². The molecule has 2 aromatic carbocycles. The Bertz CT molecular complexity index is 1430. The minimum Gasteiger partial charge on any atom is -0.497 e. The van der Waals surface area contributed by atoms with Crippen molar-refractivity contribution in [2.24, 2.45) is 0 Å². The number of nitrogen functional groups attached to an aromatic ring is 1. The molecule has 4 rings (SSSR count). The van der Waals surface area contributed by atoms with Gasteiger partial charge in [-0.2, -0.15) is 18.3 Å². The van der Waals surface area contributed by atoms with Crippen LogP contribution in [0.1, 0.15) is 45.8 Å². The van der Waals surface area contributed by atoms with E-state index in [0.717, 1.165) is 23.4 Å². The van der Waals surface area contributed by atoms with Gasteiger partial charge in [-0.1, -0.05) is 12.1 Å². The standard InChI is InChI=1S/C26H27F3N6O2/c1-15(18-9-20(26(27,28)29)12-21(30)10-18)31-24-23-11-19(14-35(23)33-16(2)32-24)25(36)34(3)13-17-5-7-22(37-4)8-6-17/h5-12,14-15H,13,30H2,1-4H3,(H,31,32,33)/t15-/m1/s1. The molecule has 0 aliphatic heterocycles. The van der Waals surface area contributed by atoms with Crippen LogP contribution in [0.5, 0.6) is 5.75 Å². The number of methoxy groups -OCH3 is 1. The normalized spacial score (nSPS) is 12.4. The highest BCUT2D eigenvalue weighted by molar-refractivity contribution is 5.96. The molecule has 0 unspecified atom stereocenters. The summed E-state index contributed by atoms with van der Waals surface area (Å²) in [6, 6.07) is 12.0. The molecule has 0 fully saturated rings. The number of benzene rings is 2. The summed E-state index contributed by atoms with van der Waals surface area (Å²) >= 11 is 0. The largest absolute Gasteiger partial charge is 0.497 e. The molecule has 11 heteroatoms. The van der Waals surface area contributed by atoms with Gasteiger partial charge in [-0.3, -0.25) is 4.79 Å². The number of nitrogens with zero attached hydrogens (tertiary/aromatic N) is 4. The van der Waals surface area contributed by atoms with Crippen molar-refractivity contribution in [2.45, 2.75) is 32.6 Å². The first kappa shape index (κ1) is 25.8. The Morgan fingerprint density at radius 2 is 1.89 bits per heavy atom.